The first-order valence-electron chi connectivity index (χ1n) is 16.9. The Balaban J connectivity index is 1.61. The van der Waals surface area contributed by atoms with Gasteiger partial charge in [-0.3, -0.25) is 9.59 Å². The minimum atomic E-state index is -2.32. The van der Waals surface area contributed by atoms with Crippen LogP contribution >= 0.6 is 0 Å². The number of ether oxygens (including phenoxy) is 5. The van der Waals surface area contributed by atoms with Crippen molar-refractivity contribution in [1.29, 1.82) is 0 Å². The van der Waals surface area contributed by atoms with Crippen molar-refractivity contribution in [1.82, 2.24) is 10.6 Å². The fourth-order valence-electron chi connectivity index (χ4n) is 4.95. The third kappa shape index (κ3) is 18.5. The molecule has 0 atom stereocenters. The van der Waals surface area contributed by atoms with Crippen LogP contribution in [-0.2, 0) is 50.2 Å². The number of rotatable bonds is 27. The molecule has 0 aliphatic carbocycles. The monoisotopic (exact) mass is 717 g/mol. The van der Waals surface area contributed by atoms with E-state index in [9.17, 15) is 9.59 Å². The predicted molar refractivity (Wildman–Crippen MR) is 195 cm³/mol. The van der Waals surface area contributed by atoms with E-state index in [0.717, 1.165) is 21.5 Å². The molecule has 0 aromatic heterocycles. The number of benzene rings is 2. The Kier molecular flexibility index (Phi) is 20.7. The molecule has 0 aliphatic heterocycles. The summed E-state index contributed by atoms with van der Waals surface area (Å²) in [5.41, 5.74) is 10.1. The van der Waals surface area contributed by atoms with Crippen molar-refractivity contribution < 1.29 is 37.4 Å². The molecule has 0 bridgehead atoms. The molecule has 2 N–H and O–H groups in total. The lowest BCUT2D eigenvalue weighted by molar-refractivity contribution is -0.121. The van der Waals surface area contributed by atoms with Gasteiger partial charge in [0.25, 0.3) is 0 Å². The fourth-order valence-corrected chi connectivity index (χ4v) is 13.1. The van der Waals surface area contributed by atoms with E-state index in [2.05, 4.69) is 71.1 Å². The van der Waals surface area contributed by atoms with Crippen LogP contribution < -0.4 is 21.0 Å². The zero-order chi connectivity index (χ0) is 35.8. The summed E-state index contributed by atoms with van der Waals surface area (Å²) in [6.45, 7) is 16.5. The highest BCUT2D eigenvalue weighted by Crippen LogP contribution is 2.17. The number of carbonyl (C=O) groups is 2. The Labute approximate surface area is 293 Å². The maximum absolute atomic E-state index is 12.6. The van der Waals surface area contributed by atoms with Gasteiger partial charge in [-0.25, -0.2) is 0 Å². The average Bonchev–Trinajstić information content (AvgIpc) is 3.05. The van der Waals surface area contributed by atoms with Crippen molar-refractivity contribution in [3.63, 3.8) is 0 Å². The molecule has 13 nitrogen and oxygen atoms in total. The lowest BCUT2D eigenvalue weighted by atomic mass is 10.1. The molecule has 2 rings (SSSR count). The number of hydrogen-bond acceptors (Lipinski definition) is 9. The van der Waals surface area contributed by atoms with Crippen molar-refractivity contribution in [3.05, 3.63) is 70.1 Å². The Morgan fingerprint density at radius 3 is 1.55 bits per heavy atom. The second-order valence-corrected chi connectivity index (χ2v) is 20.2. The van der Waals surface area contributed by atoms with Crippen molar-refractivity contribution in [2.45, 2.75) is 46.0 Å². The molecule has 0 aliphatic rings. The predicted octanol–water partition coefficient (Wildman–Crippen LogP) is 2.96. The van der Waals surface area contributed by atoms with Crippen LogP contribution in [0, 0.1) is 0 Å². The van der Waals surface area contributed by atoms with Gasteiger partial charge in [-0.15, -0.1) is 0 Å². The zero-order valence-corrected chi connectivity index (χ0v) is 31.8. The second kappa shape index (κ2) is 24.1. The highest BCUT2D eigenvalue weighted by Gasteiger charge is 2.36. The summed E-state index contributed by atoms with van der Waals surface area (Å²) in [5, 5.41) is 11.5. The van der Waals surface area contributed by atoms with Crippen LogP contribution in [0.4, 0.5) is 0 Å². The number of azide groups is 1. The first kappa shape index (κ1) is 42.1. The third-order valence-electron chi connectivity index (χ3n) is 7.31. The fraction of sp³-hybridized carbons (Fsp3) is 0.588. The van der Waals surface area contributed by atoms with Crippen molar-refractivity contribution >= 4 is 38.8 Å². The Morgan fingerprint density at radius 2 is 1.10 bits per heavy atom. The number of carbonyl (C=O) groups excluding carboxylic acids is 2. The van der Waals surface area contributed by atoms with E-state index >= 15 is 0 Å². The minimum absolute atomic E-state index is 0.0199. The maximum atomic E-state index is 12.6. The van der Waals surface area contributed by atoms with Crippen molar-refractivity contribution in [2.24, 2.45) is 5.11 Å². The molecule has 2 aromatic carbocycles. The number of nitrogens with zero attached hydrogens (tertiary/aromatic N) is 3. The SMILES string of the molecule is CCNC(=O)Cc1cccc([Si](C)(C)O[Si](C)(C)c2cccc(CC(=O)NCCOCCOCCOCCOCCOCCN=[N+]=[N-])c2)c1. The van der Waals surface area contributed by atoms with Gasteiger partial charge in [0, 0.05) is 24.5 Å². The largest absolute Gasteiger partial charge is 0.449 e. The lowest BCUT2D eigenvalue weighted by Gasteiger charge is -2.35. The summed E-state index contributed by atoms with van der Waals surface area (Å²) in [6.07, 6.45) is 0.635. The van der Waals surface area contributed by atoms with E-state index in [1.54, 1.807) is 0 Å². The van der Waals surface area contributed by atoms with Crippen LogP contribution in [0.2, 0.25) is 26.2 Å². The minimum Gasteiger partial charge on any atom is -0.449 e. The van der Waals surface area contributed by atoms with Crippen LogP contribution in [0.1, 0.15) is 18.1 Å². The molecule has 2 aromatic rings. The third-order valence-corrected chi connectivity index (χ3v) is 14.8. The molecule has 0 radical (unpaired) electrons. The standard InChI is InChI=1S/C34H55N5O8Si2/c1-6-36-33(40)27-29-9-7-11-31(25-29)48(2,3)47-49(4,5)32-12-8-10-30(26-32)28-34(41)37-13-15-42-17-19-44-21-23-46-24-22-45-20-18-43-16-14-38-39-35/h7-12,25-26H,6,13-24,27-28H2,1-5H3,(H,36,40)(H,37,41). The van der Waals surface area contributed by atoms with E-state index in [1.807, 2.05) is 31.2 Å². The summed E-state index contributed by atoms with van der Waals surface area (Å²) < 4.78 is 34.1. The van der Waals surface area contributed by atoms with Gasteiger partial charge in [0.05, 0.1) is 78.9 Å². The molecule has 272 valence electrons. The average molecular weight is 718 g/mol. The summed E-state index contributed by atoms with van der Waals surface area (Å²) >= 11 is 0. The van der Waals surface area contributed by atoms with E-state index in [4.69, 9.17) is 33.3 Å². The summed E-state index contributed by atoms with van der Waals surface area (Å²) in [7, 11) is -4.61. The van der Waals surface area contributed by atoms with E-state index < -0.39 is 16.6 Å². The molecular formula is C34H55N5O8Si2. The molecule has 15 heteroatoms. The van der Waals surface area contributed by atoms with Gasteiger partial charge in [-0.1, -0.05) is 53.6 Å². The summed E-state index contributed by atoms with van der Waals surface area (Å²) in [5.74, 6) is -0.0403. The van der Waals surface area contributed by atoms with Gasteiger partial charge in [0.1, 0.15) is 0 Å². The molecule has 0 fully saturated rings. The number of hydrogen-bond donors (Lipinski definition) is 2. The van der Waals surface area contributed by atoms with Crippen LogP contribution in [0.25, 0.3) is 10.4 Å². The van der Waals surface area contributed by atoms with Gasteiger partial charge in [-0.05, 0) is 60.1 Å². The summed E-state index contributed by atoms with van der Waals surface area (Å²) in [6, 6.07) is 16.4. The quantitative estimate of drug-likeness (QED) is 0.0469. The van der Waals surface area contributed by atoms with Gasteiger partial charge in [-0.2, -0.15) is 0 Å². The van der Waals surface area contributed by atoms with Crippen molar-refractivity contribution in [3.8, 4) is 0 Å². The van der Waals surface area contributed by atoms with Gasteiger partial charge in [0.15, 0.2) is 0 Å². The van der Waals surface area contributed by atoms with Gasteiger partial charge in [0.2, 0.25) is 28.4 Å². The Hall–Kier alpha value is -3.12. The molecule has 2 amide bonds. The molecule has 49 heavy (non-hydrogen) atoms. The van der Waals surface area contributed by atoms with E-state index in [-0.39, 0.29) is 18.2 Å². The normalized spacial score (nSPS) is 11.6. The first-order valence-corrected chi connectivity index (χ1v) is 22.7. The maximum Gasteiger partial charge on any atom is 0.224 e. The van der Waals surface area contributed by atoms with Gasteiger partial charge < -0.3 is 38.4 Å². The van der Waals surface area contributed by atoms with Crippen LogP contribution in [0.15, 0.2) is 53.6 Å². The molecular weight excluding hydrogens is 663 g/mol. The highest BCUT2D eigenvalue weighted by molar-refractivity contribution is 6.96. The smallest absolute Gasteiger partial charge is 0.224 e. The molecule has 0 heterocycles. The number of amides is 2. The van der Waals surface area contributed by atoms with Crippen LogP contribution in [0.5, 0.6) is 0 Å². The highest BCUT2D eigenvalue weighted by atomic mass is 28.4. The molecule has 0 spiro atoms. The first-order chi connectivity index (χ1) is 23.6. The molecule has 0 saturated heterocycles. The number of likely N-dealkylation sites (N-methyl/N-ethyl adjacent to an activating group) is 1. The molecule has 0 saturated carbocycles. The summed E-state index contributed by atoms with van der Waals surface area (Å²) in [4.78, 5) is 27.4. The Morgan fingerprint density at radius 1 is 0.673 bits per heavy atom. The lowest BCUT2D eigenvalue weighted by Crippen LogP contribution is -2.57. The van der Waals surface area contributed by atoms with Crippen LogP contribution in [-0.4, -0.2) is 114 Å². The van der Waals surface area contributed by atoms with E-state index in [0.29, 0.717) is 92.1 Å². The zero-order valence-electron chi connectivity index (χ0n) is 29.8. The van der Waals surface area contributed by atoms with Crippen molar-refractivity contribution in [2.75, 3.05) is 85.7 Å². The van der Waals surface area contributed by atoms with Crippen LogP contribution in [0.3, 0.4) is 0 Å². The Bertz CT molecular complexity index is 1310. The topological polar surface area (TPSA) is 162 Å². The molecule has 0 unspecified atom stereocenters. The van der Waals surface area contributed by atoms with E-state index in [1.165, 1.54) is 0 Å². The van der Waals surface area contributed by atoms with Gasteiger partial charge >= 0.3 is 0 Å². The second-order valence-electron chi connectivity index (χ2n) is 12.2. The number of nitrogens with one attached hydrogen (secondary N) is 2.